The molecular formula is C30H43N5O3. The standard InChI is InChI=1S/C30H43N5O3/c1-34-13-4-3-7-17-37-26-10-8-9-23(20-26)27-11-12-31-30(33-27)32-25-19-24(22-34)29(28(21-25)36-2)38-18-16-35-14-5-6-15-35/h3-4,11-12,19,21,23,26H,5-10,13-18,20,22H2,1-2H3,(H,31,32,33)/b4-3+. The van der Waals surface area contributed by atoms with Crippen molar-refractivity contribution < 1.29 is 14.2 Å². The number of fused-ring (bicyclic) bond motifs is 7. The molecule has 1 aromatic carbocycles. The highest BCUT2D eigenvalue weighted by molar-refractivity contribution is 5.63. The molecule has 8 nitrogen and oxygen atoms in total. The molecule has 38 heavy (non-hydrogen) atoms. The number of benzene rings is 1. The van der Waals surface area contributed by atoms with Gasteiger partial charge in [0.2, 0.25) is 5.95 Å². The number of rotatable bonds is 5. The highest BCUT2D eigenvalue weighted by atomic mass is 16.5. The lowest BCUT2D eigenvalue weighted by Crippen LogP contribution is -2.25. The smallest absolute Gasteiger partial charge is 0.227 e. The van der Waals surface area contributed by atoms with E-state index >= 15 is 0 Å². The summed E-state index contributed by atoms with van der Waals surface area (Å²) >= 11 is 0. The lowest BCUT2D eigenvalue weighted by Gasteiger charge is -2.29. The molecule has 2 atom stereocenters. The van der Waals surface area contributed by atoms with Crippen molar-refractivity contribution in [3.8, 4) is 11.5 Å². The molecule has 6 bridgehead atoms. The predicted molar refractivity (Wildman–Crippen MR) is 151 cm³/mol. The Morgan fingerprint density at radius 1 is 1.13 bits per heavy atom. The van der Waals surface area contributed by atoms with E-state index < -0.39 is 0 Å². The Hall–Kier alpha value is -2.68. The highest BCUT2D eigenvalue weighted by Crippen LogP contribution is 2.37. The maximum absolute atomic E-state index is 6.39. The zero-order valence-corrected chi connectivity index (χ0v) is 23.0. The molecule has 2 aromatic rings. The molecule has 1 saturated heterocycles. The van der Waals surface area contributed by atoms with E-state index in [-0.39, 0.29) is 0 Å². The first-order valence-electron chi connectivity index (χ1n) is 14.3. The molecule has 1 N–H and O–H groups in total. The summed E-state index contributed by atoms with van der Waals surface area (Å²) in [5.74, 6) is 2.56. The van der Waals surface area contributed by atoms with Gasteiger partial charge < -0.3 is 19.5 Å². The Kier molecular flexibility index (Phi) is 9.49. The fourth-order valence-electron chi connectivity index (χ4n) is 5.83. The molecule has 5 rings (SSSR count). The summed E-state index contributed by atoms with van der Waals surface area (Å²) in [6, 6.07) is 6.20. The maximum Gasteiger partial charge on any atom is 0.227 e. The van der Waals surface area contributed by atoms with Crippen LogP contribution in [0.25, 0.3) is 0 Å². The van der Waals surface area contributed by atoms with E-state index in [2.05, 4.69) is 51.4 Å². The minimum Gasteiger partial charge on any atom is -0.493 e. The summed E-state index contributed by atoms with van der Waals surface area (Å²) in [5.41, 5.74) is 3.07. The van der Waals surface area contributed by atoms with Gasteiger partial charge in [0, 0.05) is 54.8 Å². The lowest BCUT2D eigenvalue weighted by molar-refractivity contribution is 0.0250. The largest absolute Gasteiger partial charge is 0.493 e. The summed E-state index contributed by atoms with van der Waals surface area (Å²) in [7, 11) is 3.84. The number of likely N-dealkylation sites (tertiary alicyclic amines) is 1. The average Bonchev–Trinajstić information content (AvgIpc) is 3.45. The first-order chi connectivity index (χ1) is 18.7. The van der Waals surface area contributed by atoms with Gasteiger partial charge in [0.1, 0.15) is 6.61 Å². The van der Waals surface area contributed by atoms with Crippen LogP contribution in [0.15, 0.2) is 36.5 Å². The van der Waals surface area contributed by atoms with E-state index in [1.165, 1.54) is 19.3 Å². The molecule has 8 heteroatoms. The lowest BCUT2D eigenvalue weighted by atomic mass is 9.85. The van der Waals surface area contributed by atoms with Gasteiger partial charge in [-0.25, -0.2) is 9.97 Å². The number of methoxy groups -OCH3 is 1. The van der Waals surface area contributed by atoms with Crippen LogP contribution < -0.4 is 14.8 Å². The maximum atomic E-state index is 6.39. The summed E-state index contributed by atoms with van der Waals surface area (Å²) < 4.78 is 18.5. The van der Waals surface area contributed by atoms with Crippen LogP contribution in [0.4, 0.5) is 11.6 Å². The van der Waals surface area contributed by atoms with E-state index in [4.69, 9.17) is 19.2 Å². The van der Waals surface area contributed by atoms with Crippen LogP contribution in [0.5, 0.6) is 11.5 Å². The van der Waals surface area contributed by atoms with E-state index in [9.17, 15) is 0 Å². The second kappa shape index (κ2) is 13.4. The third kappa shape index (κ3) is 7.24. The van der Waals surface area contributed by atoms with E-state index in [1.807, 2.05) is 12.3 Å². The third-order valence-corrected chi connectivity index (χ3v) is 7.84. The molecule has 2 aliphatic heterocycles. The quantitative estimate of drug-likeness (QED) is 0.543. The van der Waals surface area contributed by atoms with Crippen LogP contribution in [0.3, 0.4) is 0 Å². The average molecular weight is 522 g/mol. The molecule has 0 amide bonds. The first kappa shape index (κ1) is 26.9. The summed E-state index contributed by atoms with van der Waals surface area (Å²) in [5, 5.41) is 3.45. The number of likely N-dealkylation sites (N-methyl/N-ethyl adjacent to an activating group) is 1. The van der Waals surface area contributed by atoms with Gasteiger partial charge in [-0.05, 0) is 70.8 Å². The van der Waals surface area contributed by atoms with Crippen molar-refractivity contribution >= 4 is 11.6 Å². The highest BCUT2D eigenvalue weighted by Gasteiger charge is 2.25. The van der Waals surface area contributed by atoms with Crippen LogP contribution in [-0.2, 0) is 11.3 Å². The molecule has 3 aliphatic rings. The molecule has 0 radical (unpaired) electrons. The first-order valence-corrected chi connectivity index (χ1v) is 14.3. The number of ether oxygens (including phenoxy) is 3. The fraction of sp³-hybridized carbons (Fsp3) is 0.600. The summed E-state index contributed by atoms with van der Waals surface area (Å²) in [6.45, 7) is 6.26. The number of hydrogen-bond acceptors (Lipinski definition) is 8. The molecule has 2 fully saturated rings. The normalized spacial score (nSPS) is 24.2. The summed E-state index contributed by atoms with van der Waals surface area (Å²) in [4.78, 5) is 14.2. The SMILES string of the molecule is COc1cc2cc(c1OCCN1CCCC1)CN(C)C/C=C/CCOC1CCCC(C1)c1ccnc(n1)N2. The van der Waals surface area contributed by atoms with Crippen LogP contribution in [0, 0.1) is 0 Å². The Labute approximate surface area is 227 Å². The van der Waals surface area contributed by atoms with E-state index in [0.717, 1.165) is 93.5 Å². The molecule has 0 spiro atoms. The monoisotopic (exact) mass is 521 g/mol. The van der Waals surface area contributed by atoms with Crippen molar-refractivity contribution in [1.29, 1.82) is 0 Å². The van der Waals surface area contributed by atoms with Crippen molar-refractivity contribution in [3.63, 3.8) is 0 Å². The number of anilines is 2. The predicted octanol–water partition coefficient (Wildman–Crippen LogP) is 5.14. The second-order valence-electron chi connectivity index (χ2n) is 10.8. The molecule has 2 unspecified atom stereocenters. The number of hydrogen-bond donors (Lipinski definition) is 1. The van der Waals surface area contributed by atoms with E-state index in [1.54, 1.807) is 7.11 Å². The Bertz CT molecular complexity index is 1070. The fourth-order valence-corrected chi connectivity index (χ4v) is 5.83. The zero-order chi connectivity index (χ0) is 26.2. The van der Waals surface area contributed by atoms with Crippen LogP contribution in [-0.4, -0.2) is 79.4 Å². The molecule has 1 saturated carbocycles. The molecular weight excluding hydrogens is 478 g/mol. The van der Waals surface area contributed by atoms with Gasteiger partial charge in [0.05, 0.1) is 19.8 Å². The Balaban J connectivity index is 1.41. The van der Waals surface area contributed by atoms with Gasteiger partial charge in [-0.1, -0.05) is 18.6 Å². The molecule has 3 heterocycles. The van der Waals surface area contributed by atoms with Crippen LogP contribution in [0.2, 0.25) is 0 Å². The Morgan fingerprint density at radius 3 is 2.89 bits per heavy atom. The third-order valence-electron chi connectivity index (χ3n) is 7.84. The van der Waals surface area contributed by atoms with E-state index in [0.29, 0.717) is 24.6 Å². The van der Waals surface area contributed by atoms with Gasteiger partial charge in [-0.15, -0.1) is 0 Å². The van der Waals surface area contributed by atoms with Crippen LogP contribution >= 0.6 is 0 Å². The number of nitrogens with one attached hydrogen (secondary N) is 1. The van der Waals surface area contributed by atoms with Crippen molar-refractivity contribution in [2.75, 3.05) is 58.9 Å². The molecule has 1 aliphatic carbocycles. The van der Waals surface area contributed by atoms with Crippen molar-refractivity contribution in [3.05, 3.63) is 47.8 Å². The zero-order valence-electron chi connectivity index (χ0n) is 23.0. The van der Waals surface area contributed by atoms with Gasteiger partial charge in [0.25, 0.3) is 0 Å². The van der Waals surface area contributed by atoms with Crippen molar-refractivity contribution in [2.24, 2.45) is 0 Å². The van der Waals surface area contributed by atoms with Gasteiger partial charge >= 0.3 is 0 Å². The minimum atomic E-state index is 0.305. The minimum absolute atomic E-state index is 0.305. The van der Waals surface area contributed by atoms with Crippen LogP contribution in [0.1, 0.15) is 62.1 Å². The second-order valence-corrected chi connectivity index (χ2v) is 10.8. The number of nitrogens with zero attached hydrogens (tertiary/aromatic N) is 4. The van der Waals surface area contributed by atoms with Crippen molar-refractivity contribution in [2.45, 2.75) is 63.5 Å². The van der Waals surface area contributed by atoms with Gasteiger partial charge in [0.15, 0.2) is 11.5 Å². The van der Waals surface area contributed by atoms with Crippen molar-refractivity contribution in [1.82, 2.24) is 19.8 Å². The molecule has 1 aromatic heterocycles. The molecule has 206 valence electrons. The van der Waals surface area contributed by atoms with Gasteiger partial charge in [-0.3, -0.25) is 9.80 Å². The summed E-state index contributed by atoms with van der Waals surface area (Å²) in [6.07, 6.45) is 14.6. The Morgan fingerprint density at radius 2 is 2.03 bits per heavy atom. The number of aromatic nitrogens is 2. The topological polar surface area (TPSA) is 72.0 Å². The van der Waals surface area contributed by atoms with Gasteiger partial charge in [-0.2, -0.15) is 0 Å².